The van der Waals surface area contributed by atoms with Gasteiger partial charge in [-0.2, -0.15) is 0 Å². The Labute approximate surface area is 97.3 Å². The van der Waals surface area contributed by atoms with Crippen molar-refractivity contribution < 1.29 is 24.2 Å². The van der Waals surface area contributed by atoms with Crippen molar-refractivity contribution in [3.05, 3.63) is 48.0 Å². The van der Waals surface area contributed by atoms with Gasteiger partial charge in [0, 0.05) is 5.57 Å². The molecule has 0 atom stereocenters. The second kappa shape index (κ2) is 5.60. The second-order valence-corrected chi connectivity index (χ2v) is 3.21. The molecule has 0 heterocycles. The highest BCUT2D eigenvalue weighted by Crippen LogP contribution is 2.05. The molecule has 0 bridgehead atoms. The van der Waals surface area contributed by atoms with Crippen LogP contribution in [0.4, 0.5) is 0 Å². The van der Waals surface area contributed by atoms with E-state index in [2.05, 4.69) is 11.3 Å². The van der Waals surface area contributed by atoms with Crippen molar-refractivity contribution in [3.63, 3.8) is 0 Å². The van der Waals surface area contributed by atoms with Gasteiger partial charge in [-0.15, -0.1) is 0 Å². The molecule has 0 amide bonds. The molecule has 1 aromatic rings. The van der Waals surface area contributed by atoms with Crippen LogP contribution in [0.3, 0.4) is 0 Å². The molecule has 0 fully saturated rings. The van der Waals surface area contributed by atoms with Crippen LogP contribution < -0.4 is 0 Å². The van der Waals surface area contributed by atoms with Crippen LogP contribution >= 0.6 is 0 Å². The van der Waals surface area contributed by atoms with Gasteiger partial charge in [0.1, 0.15) is 0 Å². The zero-order valence-electron chi connectivity index (χ0n) is 8.88. The van der Waals surface area contributed by atoms with Gasteiger partial charge in [-0.3, -0.25) is 4.79 Å². The van der Waals surface area contributed by atoms with Crippen molar-refractivity contribution in [1.82, 2.24) is 0 Å². The van der Waals surface area contributed by atoms with Crippen molar-refractivity contribution >= 4 is 17.9 Å². The fourth-order valence-electron chi connectivity index (χ4n) is 1.02. The third-order valence-electron chi connectivity index (χ3n) is 1.88. The molecule has 1 N–H and O–H groups in total. The Morgan fingerprint density at radius 3 is 2.29 bits per heavy atom. The molecule has 5 heteroatoms. The summed E-state index contributed by atoms with van der Waals surface area (Å²) in [6.07, 6.45) is -0.520. The number of benzene rings is 1. The summed E-state index contributed by atoms with van der Waals surface area (Å²) in [7, 11) is 0. The lowest BCUT2D eigenvalue weighted by Crippen LogP contribution is -2.14. The molecule has 0 aliphatic rings. The average Bonchev–Trinajstić information content (AvgIpc) is 2.29. The number of aliphatic carboxylic acids is 1. The van der Waals surface area contributed by atoms with Gasteiger partial charge >= 0.3 is 17.9 Å². The summed E-state index contributed by atoms with van der Waals surface area (Å²) >= 11 is 0. The van der Waals surface area contributed by atoms with Crippen LogP contribution in [-0.4, -0.2) is 23.0 Å². The van der Waals surface area contributed by atoms with Gasteiger partial charge in [0.05, 0.1) is 12.0 Å². The third kappa shape index (κ3) is 3.90. The largest absolute Gasteiger partial charge is 0.478 e. The second-order valence-electron chi connectivity index (χ2n) is 3.21. The zero-order valence-corrected chi connectivity index (χ0v) is 8.88. The van der Waals surface area contributed by atoms with Gasteiger partial charge in [0.15, 0.2) is 0 Å². The minimum atomic E-state index is -1.30. The Bertz CT molecular complexity index is 461. The number of ether oxygens (including phenoxy) is 1. The van der Waals surface area contributed by atoms with E-state index in [1.54, 1.807) is 18.2 Å². The molecule has 0 saturated heterocycles. The minimum absolute atomic E-state index is 0.224. The number of rotatable bonds is 4. The first-order chi connectivity index (χ1) is 8.00. The maximum absolute atomic E-state index is 11.4. The molecule has 0 radical (unpaired) electrons. The average molecular weight is 234 g/mol. The van der Waals surface area contributed by atoms with E-state index in [0.29, 0.717) is 0 Å². The van der Waals surface area contributed by atoms with Crippen molar-refractivity contribution in [2.24, 2.45) is 0 Å². The molecule has 0 aliphatic heterocycles. The van der Waals surface area contributed by atoms with Crippen LogP contribution in [0.1, 0.15) is 16.8 Å². The smallest absolute Gasteiger partial charge is 0.345 e. The summed E-state index contributed by atoms with van der Waals surface area (Å²) in [5, 5.41) is 8.49. The number of carbonyl (C=O) groups is 3. The van der Waals surface area contributed by atoms with E-state index < -0.39 is 24.3 Å². The number of carbonyl (C=O) groups excluding carboxylic acids is 2. The number of carboxylic acid groups (broad SMARTS) is 1. The van der Waals surface area contributed by atoms with Gasteiger partial charge in [0.25, 0.3) is 0 Å². The fraction of sp³-hybridized carbons (Fsp3) is 0.0833. The van der Waals surface area contributed by atoms with E-state index in [4.69, 9.17) is 5.11 Å². The van der Waals surface area contributed by atoms with Crippen LogP contribution in [0.5, 0.6) is 0 Å². The van der Waals surface area contributed by atoms with E-state index in [1.165, 1.54) is 12.1 Å². The number of hydrogen-bond donors (Lipinski definition) is 1. The Morgan fingerprint density at radius 1 is 1.18 bits per heavy atom. The molecule has 5 nitrogen and oxygen atoms in total. The van der Waals surface area contributed by atoms with Crippen molar-refractivity contribution in [3.8, 4) is 0 Å². The van der Waals surface area contributed by atoms with Gasteiger partial charge < -0.3 is 9.84 Å². The number of esters is 2. The Balaban J connectivity index is 2.56. The molecule has 0 aliphatic carbocycles. The van der Waals surface area contributed by atoms with Crippen molar-refractivity contribution in [1.29, 1.82) is 0 Å². The molecular weight excluding hydrogens is 224 g/mol. The molecular formula is C12H10O5. The molecule has 0 unspecified atom stereocenters. The predicted octanol–water partition coefficient (Wildman–Crippen LogP) is 1.40. The van der Waals surface area contributed by atoms with E-state index in [9.17, 15) is 14.4 Å². The molecule has 0 spiro atoms. The summed E-state index contributed by atoms with van der Waals surface area (Å²) in [4.78, 5) is 33.0. The maximum atomic E-state index is 11.4. The predicted molar refractivity (Wildman–Crippen MR) is 58.3 cm³/mol. The van der Waals surface area contributed by atoms with E-state index >= 15 is 0 Å². The Morgan fingerprint density at radius 2 is 1.76 bits per heavy atom. The highest BCUT2D eigenvalue weighted by atomic mass is 16.6. The van der Waals surface area contributed by atoms with Crippen LogP contribution in [0.2, 0.25) is 0 Å². The van der Waals surface area contributed by atoms with E-state index in [-0.39, 0.29) is 11.1 Å². The van der Waals surface area contributed by atoms with Crippen LogP contribution in [0.25, 0.3) is 0 Å². The lowest BCUT2D eigenvalue weighted by atomic mass is 10.2. The Hall–Kier alpha value is -2.43. The van der Waals surface area contributed by atoms with Crippen LogP contribution in [0, 0.1) is 0 Å². The van der Waals surface area contributed by atoms with E-state index in [1.807, 2.05) is 0 Å². The van der Waals surface area contributed by atoms with E-state index in [0.717, 1.165) is 0 Å². The molecule has 1 aromatic carbocycles. The number of carboxylic acids is 1. The van der Waals surface area contributed by atoms with Crippen molar-refractivity contribution in [2.75, 3.05) is 0 Å². The first-order valence-corrected chi connectivity index (χ1v) is 4.72. The van der Waals surface area contributed by atoms with Gasteiger partial charge in [0.2, 0.25) is 0 Å². The highest BCUT2D eigenvalue weighted by Gasteiger charge is 2.16. The van der Waals surface area contributed by atoms with Crippen LogP contribution in [0.15, 0.2) is 42.5 Å². The van der Waals surface area contributed by atoms with Crippen molar-refractivity contribution in [2.45, 2.75) is 6.42 Å². The van der Waals surface area contributed by atoms with Crippen LogP contribution in [-0.2, 0) is 14.3 Å². The van der Waals surface area contributed by atoms with Gasteiger partial charge in [-0.1, -0.05) is 24.8 Å². The summed E-state index contributed by atoms with van der Waals surface area (Å²) in [5.41, 5.74) is -0.0994. The first-order valence-electron chi connectivity index (χ1n) is 4.72. The molecule has 17 heavy (non-hydrogen) atoms. The number of hydrogen-bond acceptors (Lipinski definition) is 4. The third-order valence-corrected chi connectivity index (χ3v) is 1.88. The fourth-order valence-corrected chi connectivity index (χ4v) is 1.02. The Kier molecular flexibility index (Phi) is 4.16. The summed E-state index contributed by atoms with van der Waals surface area (Å²) in [5.74, 6) is -3.05. The van der Waals surface area contributed by atoms with Gasteiger partial charge in [-0.25, -0.2) is 9.59 Å². The maximum Gasteiger partial charge on any atom is 0.345 e. The standard InChI is InChI=1S/C12H10O5/c1-8(11(14)15)7-10(13)17-12(16)9-5-3-2-4-6-9/h2-6H,1,7H2,(H,14,15). The summed E-state index contributed by atoms with van der Waals surface area (Å²) in [6, 6.07) is 7.93. The topological polar surface area (TPSA) is 80.7 Å². The minimum Gasteiger partial charge on any atom is -0.478 e. The molecule has 1 rings (SSSR count). The molecule has 88 valence electrons. The highest BCUT2D eigenvalue weighted by molar-refractivity contribution is 5.99. The monoisotopic (exact) mass is 234 g/mol. The molecule has 0 saturated carbocycles. The first kappa shape index (κ1) is 12.6. The zero-order chi connectivity index (χ0) is 12.8. The molecule has 0 aromatic heterocycles. The lowest BCUT2D eigenvalue weighted by Gasteiger charge is -2.02. The summed E-state index contributed by atoms with van der Waals surface area (Å²) < 4.78 is 4.46. The normalized spacial score (nSPS) is 9.41. The summed E-state index contributed by atoms with van der Waals surface area (Å²) in [6.45, 7) is 3.16. The SMILES string of the molecule is C=C(CC(=O)OC(=O)c1ccccc1)C(=O)O. The quantitative estimate of drug-likeness (QED) is 0.484. The lowest BCUT2D eigenvalue weighted by molar-refractivity contribution is -0.140. The van der Waals surface area contributed by atoms with Gasteiger partial charge in [-0.05, 0) is 12.1 Å².